The van der Waals surface area contributed by atoms with E-state index >= 15 is 0 Å². The zero-order valence-corrected chi connectivity index (χ0v) is 17.5. The molecule has 3 aromatic rings. The van der Waals surface area contributed by atoms with Crippen molar-refractivity contribution in [2.75, 3.05) is 25.6 Å². The van der Waals surface area contributed by atoms with Crippen LogP contribution in [-0.2, 0) is 11.3 Å². The number of nitrogens with zero attached hydrogens (tertiary/aromatic N) is 3. The summed E-state index contributed by atoms with van der Waals surface area (Å²) in [5.41, 5.74) is 1.12. The van der Waals surface area contributed by atoms with Gasteiger partial charge in [-0.3, -0.25) is 14.4 Å². The highest BCUT2D eigenvalue weighted by Crippen LogP contribution is 2.30. The fourth-order valence-corrected chi connectivity index (χ4v) is 4.01. The van der Waals surface area contributed by atoms with Crippen LogP contribution in [0.15, 0.2) is 54.9 Å². The number of carbonyl (C=O) groups excluding carboxylic acids is 1. The minimum absolute atomic E-state index is 0.0153. The SMILES string of the molecule is COC[C@@H]1C[C@H](n2cc(NC(=O)c3cccc(F)c3)cn2)CN1Cc1ccc(F)cc1F. The number of nitrogens with one attached hydrogen (secondary N) is 1. The Morgan fingerprint density at radius 2 is 2.00 bits per heavy atom. The number of methoxy groups -OCH3 is 1. The molecule has 9 heteroatoms. The molecule has 2 aromatic carbocycles. The van der Waals surface area contributed by atoms with E-state index in [-0.39, 0.29) is 17.6 Å². The number of hydrogen-bond donors (Lipinski definition) is 1. The van der Waals surface area contributed by atoms with Crippen LogP contribution in [0.2, 0.25) is 0 Å². The summed E-state index contributed by atoms with van der Waals surface area (Å²) in [5.74, 6) is -2.10. The third-order valence-electron chi connectivity index (χ3n) is 5.57. The largest absolute Gasteiger partial charge is 0.383 e. The second kappa shape index (κ2) is 9.54. The molecule has 0 unspecified atom stereocenters. The smallest absolute Gasteiger partial charge is 0.255 e. The van der Waals surface area contributed by atoms with Crippen molar-refractivity contribution in [2.24, 2.45) is 0 Å². The highest BCUT2D eigenvalue weighted by atomic mass is 19.1. The quantitative estimate of drug-likeness (QED) is 0.598. The zero-order chi connectivity index (χ0) is 22.7. The fraction of sp³-hybridized carbons (Fsp3) is 0.304. The summed E-state index contributed by atoms with van der Waals surface area (Å²) in [5, 5.41) is 7.08. The van der Waals surface area contributed by atoms with Crippen molar-refractivity contribution in [2.45, 2.75) is 25.0 Å². The summed E-state index contributed by atoms with van der Waals surface area (Å²) in [7, 11) is 1.61. The predicted molar refractivity (Wildman–Crippen MR) is 113 cm³/mol. The van der Waals surface area contributed by atoms with Crippen molar-refractivity contribution in [3.8, 4) is 0 Å². The molecule has 0 spiro atoms. The highest BCUT2D eigenvalue weighted by molar-refractivity contribution is 6.04. The molecule has 168 valence electrons. The number of benzene rings is 2. The molecule has 0 radical (unpaired) electrons. The van der Waals surface area contributed by atoms with Crippen LogP contribution in [0.1, 0.15) is 28.4 Å². The molecule has 1 amide bonds. The molecular formula is C23H23F3N4O2. The third kappa shape index (κ3) is 5.00. The van der Waals surface area contributed by atoms with Crippen LogP contribution in [0.3, 0.4) is 0 Å². The van der Waals surface area contributed by atoms with Crippen molar-refractivity contribution in [3.63, 3.8) is 0 Å². The monoisotopic (exact) mass is 444 g/mol. The van der Waals surface area contributed by atoms with Gasteiger partial charge in [0.15, 0.2) is 0 Å². The summed E-state index contributed by atoms with van der Waals surface area (Å²) < 4.78 is 47.8. The molecule has 2 heterocycles. The normalized spacial score (nSPS) is 18.8. The minimum Gasteiger partial charge on any atom is -0.383 e. The standard InChI is InChI=1S/C23H23F3N4O2/c1-32-14-21-9-20(13-29(21)11-16-5-6-18(25)8-22(16)26)30-12-19(10-27-30)28-23(31)15-3-2-4-17(24)7-15/h2-8,10,12,20-21H,9,11,13-14H2,1H3,(H,28,31)/t20-,21-/m0/s1. The number of hydrogen-bond acceptors (Lipinski definition) is 4. The lowest BCUT2D eigenvalue weighted by Gasteiger charge is -2.23. The van der Waals surface area contributed by atoms with Crippen molar-refractivity contribution >= 4 is 11.6 Å². The Labute approximate surface area is 183 Å². The second-order valence-corrected chi connectivity index (χ2v) is 7.84. The van der Waals surface area contributed by atoms with E-state index in [0.717, 1.165) is 12.5 Å². The van der Waals surface area contributed by atoms with Gasteiger partial charge in [0.2, 0.25) is 0 Å². The van der Waals surface area contributed by atoms with Crippen LogP contribution < -0.4 is 5.32 Å². The van der Waals surface area contributed by atoms with E-state index in [2.05, 4.69) is 15.3 Å². The minimum atomic E-state index is -0.608. The van der Waals surface area contributed by atoms with Crippen LogP contribution in [0, 0.1) is 17.5 Å². The number of halogens is 3. The van der Waals surface area contributed by atoms with Gasteiger partial charge in [0.25, 0.3) is 5.91 Å². The van der Waals surface area contributed by atoms with Gasteiger partial charge in [0.1, 0.15) is 17.5 Å². The van der Waals surface area contributed by atoms with Gasteiger partial charge in [-0.25, -0.2) is 13.2 Å². The summed E-state index contributed by atoms with van der Waals surface area (Å²) in [4.78, 5) is 14.4. The first kappa shape index (κ1) is 22.0. The number of carbonyl (C=O) groups is 1. The Balaban J connectivity index is 1.44. The van der Waals surface area contributed by atoms with Gasteiger partial charge in [-0.05, 0) is 30.7 Å². The first-order chi connectivity index (χ1) is 15.4. The van der Waals surface area contributed by atoms with E-state index < -0.39 is 23.4 Å². The number of likely N-dealkylation sites (tertiary alicyclic amines) is 1. The van der Waals surface area contributed by atoms with E-state index in [1.807, 2.05) is 0 Å². The van der Waals surface area contributed by atoms with Gasteiger partial charge in [0.05, 0.1) is 24.5 Å². The molecule has 1 saturated heterocycles. The van der Waals surface area contributed by atoms with Crippen molar-refractivity contribution in [1.29, 1.82) is 0 Å². The molecular weight excluding hydrogens is 421 g/mol. The molecule has 0 aliphatic carbocycles. The Morgan fingerprint density at radius 1 is 1.19 bits per heavy atom. The molecule has 32 heavy (non-hydrogen) atoms. The zero-order valence-electron chi connectivity index (χ0n) is 17.5. The first-order valence-electron chi connectivity index (χ1n) is 10.2. The molecule has 6 nitrogen and oxygen atoms in total. The summed E-state index contributed by atoms with van der Waals surface area (Å²) >= 11 is 0. The van der Waals surface area contributed by atoms with Crippen LogP contribution in [0.4, 0.5) is 18.9 Å². The molecule has 1 N–H and O–H groups in total. The summed E-state index contributed by atoms with van der Waals surface area (Å²) in [6, 6.07) is 9.04. The Bertz CT molecular complexity index is 1100. The van der Waals surface area contributed by atoms with Crippen molar-refractivity contribution < 1.29 is 22.7 Å². The van der Waals surface area contributed by atoms with Gasteiger partial charge in [-0.2, -0.15) is 5.10 Å². The Hall–Kier alpha value is -3.17. The van der Waals surface area contributed by atoms with Gasteiger partial charge < -0.3 is 10.1 Å². The number of aromatic nitrogens is 2. The fourth-order valence-electron chi connectivity index (χ4n) is 4.01. The molecule has 1 fully saturated rings. The van der Waals surface area contributed by atoms with Crippen molar-refractivity contribution in [3.05, 3.63) is 83.4 Å². The lowest BCUT2D eigenvalue weighted by atomic mass is 10.1. The molecule has 1 aliphatic rings. The highest BCUT2D eigenvalue weighted by Gasteiger charge is 2.34. The van der Waals surface area contributed by atoms with Gasteiger partial charge in [0, 0.05) is 49.6 Å². The van der Waals surface area contributed by atoms with E-state index in [9.17, 15) is 18.0 Å². The number of amides is 1. The van der Waals surface area contributed by atoms with Crippen LogP contribution >= 0.6 is 0 Å². The number of ether oxygens (including phenoxy) is 1. The van der Waals surface area contributed by atoms with E-state index in [0.29, 0.717) is 30.9 Å². The molecule has 0 bridgehead atoms. The van der Waals surface area contributed by atoms with Gasteiger partial charge in [-0.1, -0.05) is 12.1 Å². The lowest BCUT2D eigenvalue weighted by Crippen LogP contribution is -2.32. The second-order valence-electron chi connectivity index (χ2n) is 7.84. The maximum absolute atomic E-state index is 14.1. The third-order valence-corrected chi connectivity index (χ3v) is 5.57. The van der Waals surface area contributed by atoms with Crippen molar-refractivity contribution in [1.82, 2.24) is 14.7 Å². The van der Waals surface area contributed by atoms with E-state index in [1.165, 1.54) is 42.6 Å². The first-order valence-corrected chi connectivity index (χ1v) is 10.2. The average molecular weight is 444 g/mol. The van der Waals surface area contributed by atoms with Gasteiger partial charge in [-0.15, -0.1) is 0 Å². The van der Waals surface area contributed by atoms with Crippen LogP contribution in [0.25, 0.3) is 0 Å². The summed E-state index contributed by atoms with van der Waals surface area (Å²) in [6.07, 6.45) is 3.97. The molecule has 1 aliphatic heterocycles. The lowest BCUT2D eigenvalue weighted by molar-refractivity contribution is 0.102. The Kier molecular flexibility index (Phi) is 6.57. The molecule has 4 rings (SSSR count). The van der Waals surface area contributed by atoms with Crippen LogP contribution in [0.5, 0.6) is 0 Å². The number of rotatable bonds is 7. The summed E-state index contributed by atoms with van der Waals surface area (Å²) in [6.45, 7) is 1.37. The van der Waals surface area contributed by atoms with E-state index in [1.54, 1.807) is 18.0 Å². The topological polar surface area (TPSA) is 59.4 Å². The van der Waals surface area contributed by atoms with Crippen LogP contribution in [-0.4, -0.2) is 46.9 Å². The maximum Gasteiger partial charge on any atom is 0.255 e. The maximum atomic E-state index is 14.1. The predicted octanol–water partition coefficient (Wildman–Crippen LogP) is 4.01. The van der Waals surface area contributed by atoms with E-state index in [4.69, 9.17) is 4.74 Å². The molecule has 0 saturated carbocycles. The molecule has 1 aromatic heterocycles. The Morgan fingerprint density at radius 3 is 2.75 bits per heavy atom. The van der Waals surface area contributed by atoms with Gasteiger partial charge >= 0.3 is 0 Å². The average Bonchev–Trinajstić information content (AvgIpc) is 3.37. The molecule has 2 atom stereocenters. The number of anilines is 1.